The van der Waals surface area contributed by atoms with Gasteiger partial charge < -0.3 is 15.3 Å². The molecule has 5 heterocycles. The Morgan fingerprint density at radius 3 is 2.69 bits per heavy atom. The number of aromatic nitrogens is 7. The molecule has 0 unspecified atom stereocenters. The first-order chi connectivity index (χ1) is 17.2. The maximum atomic E-state index is 13.2. The van der Waals surface area contributed by atoms with Gasteiger partial charge in [0.25, 0.3) is 12.3 Å². The molecule has 1 amide bonds. The third kappa shape index (κ3) is 3.49. The third-order valence-electron chi connectivity index (χ3n) is 7.15. The third-order valence-corrected chi connectivity index (χ3v) is 7.15. The maximum absolute atomic E-state index is 13.2. The van der Waals surface area contributed by atoms with Crippen molar-refractivity contribution in [3.8, 4) is 11.4 Å². The lowest BCUT2D eigenvalue weighted by Crippen LogP contribution is -2.70. The lowest BCUT2D eigenvalue weighted by molar-refractivity contribution is -0.209. The summed E-state index contributed by atoms with van der Waals surface area (Å²) in [5.74, 6) is 0.172. The number of hydrogen-bond donors (Lipinski definition) is 2. The second kappa shape index (κ2) is 7.75. The Kier molecular flexibility index (Phi) is 4.84. The number of halogens is 2. The molecule has 36 heavy (non-hydrogen) atoms. The fraction of sp³-hybridized carbons (Fsp3) is 0.391. The van der Waals surface area contributed by atoms with Gasteiger partial charge in [0.1, 0.15) is 5.60 Å². The maximum Gasteiger partial charge on any atom is 0.266 e. The van der Waals surface area contributed by atoms with Crippen molar-refractivity contribution in [1.82, 2.24) is 34.8 Å². The van der Waals surface area contributed by atoms with Gasteiger partial charge in [0.15, 0.2) is 5.82 Å². The minimum atomic E-state index is -2.72. The number of alkyl halides is 2. The smallest absolute Gasteiger partial charge is 0.266 e. The summed E-state index contributed by atoms with van der Waals surface area (Å²) in [4.78, 5) is 19.6. The van der Waals surface area contributed by atoms with E-state index in [1.165, 1.54) is 10.9 Å². The summed E-state index contributed by atoms with van der Waals surface area (Å²) in [5.41, 5.74) is 1.55. The van der Waals surface area contributed by atoms with Crippen LogP contribution in [0, 0.1) is 12.3 Å². The number of rotatable bonds is 5. The van der Waals surface area contributed by atoms with Crippen LogP contribution in [0.15, 0.2) is 36.8 Å². The number of aryl methyl sites for hydroxylation is 2. The number of nitrogens with one attached hydrogen (secondary N) is 1. The quantitative estimate of drug-likeness (QED) is 0.431. The molecule has 6 rings (SSSR count). The molecular formula is C23H23F2N9O2. The van der Waals surface area contributed by atoms with Gasteiger partial charge >= 0.3 is 0 Å². The highest BCUT2D eigenvalue weighted by molar-refractivity contribution is 6.09. The van der Waals surface area contributed by atoms with E-state index in [0.29, 0.717) is 46.9 Å². The molecule has 13 heteroatoms. The Balaban J connectivity index is 1.21. The Bertz CT molecular complexity index is 1480. The SMILES string of the molecule is Cc1ncc(-c2nnnn2C)cc1NC(=O)c1cnn2ccc(N3CC4(C3)CC(O)(C(F)F)C4)cc12. The van der Waals surface area contributed by atoms with Crippen LogP contribution in [-0.2, 0) is 7.05 Å². The first-order valence-corrected chi connectivity index (χ1v) is 11.4. The van der Waals surface area contributed by atoms with Crippen LogP contribution in [0.3, 0.4) is 0 Å². The molecule has 4 aromatic rings. The molecule has 1 spiro atoms. The van der Waals surface area contributed by atoms with Gasteiger partial charge in [0.2, 0.25) is 0 Å². The van der Waals surface area contributed by atoms with Crippen molar-refractivity contribution < 1.29 is 18.7 Å². The minimum absolute atomic E-state index is 0.105. The monoisotopic (exact) mass is 495 g/mol. The normalized spacial score (nSPS) is 17.9. The lowest BCUT2D eigenvalue weighted by atomic mass is 9.55. The van der Waals surface area contributed by atoms with Crippen molar-refractivity contribution in [1.29, 1.82) is 0 Å². The first-order valence-electron chi connectivity index (χ1n) is 11.4. The molecule has 186 valence electrons. The molecule has 1 aliphatic carbocycles. The number of pyridine rings is 2. The zero-order valence-electron chi connectivity index (χ0n) is 19.6. The molecule has 0 bridgehead atoms. The Morgan fingerprint density at radius 2 is 2.00 bits per heavy atom. The average Bonchev–Trinajstić information content (AvgIpc) is 3.42. The summed E-state index contributed by atoms with van der Waals surface area (Å²) in [6, 6.07) is 5.50. The number of amides is 1. The van der Waals surface area contributed by atoms with E-state index in [1.807, 2.05) is 12.1 Å². The molecule has 0 aromatic carbocycles. The molecule has 11 nitrogen and oxygen atoms in total. The Morgan fingerprint density at radius 1 is 1.22 bits per heavy atom. The molecule has 2 aliphatic rings. The van der Waals surface area contributed by atoms with Gasteiger partial charge in [-0.2, -0.15) is 5.10 Å². The number of hydrogen-bond acceptors (Lipinski definition) is 8. The van der Waals surface area contributed by atoms with E-state index in [2.05, 4.69) is 35.8 Å². The molecule has 0 radical (unpaired) electrons. The number of anilines is 2. The fourth-order valence-corrected chi connectivity index (χ4v) is 5.36. The summed E-state index contributed by atoms with van der Waals surface area (Å²) >= 11 is 0. The molecule has 1 saturated carbocycles. The van der Waals surface area contributed by atoms with E-state index < -0.39 is 12.0 Å². The number of aliphatic hydroxyl groups is 1. The average molecular weight is 495 g/mol. The highest BCUT2D eigenvalue weighted by Crippen LogP contribution is 2.56. The van der Waals surface area contributed by atoms with E-state index in [-0.39, 0.29) is 24.2 Å². The van der Waals surface area contributed by atoms with Crippen LogP contribution in [0.5, 0.6) is 0 Å². The van der Waals surface area contributed by atoms with Crippen molar-refractivity contribution in [3.05, 3.63) is 48.0 Å². The molecule has 4 aromatic heterocycles. The van der Waals surface area contributed by atoms with Gasteiger partial charge in [-0.3, -0.25) is 9.78 Å². The number of fused-ring (bicyclic) bond motifs is 1. The molecular weight excluding hydrogens is 472 g/mol. The van der Waals surface area contributed by atoms with Gasteiger partial charge in [0, 0.05) is 49.2 Å². The number of carbonyl (C=O) groups is 1. The summed E-state index contributed by atoms with van der Waals surface area (Å²) in [7, 11) is 1.72. The highest BCUT2D eigenvalue weighted by Gasteiger charge is 2.63. The van der Waals surface area contributed by atoms with Crippen LogP contribution >= 0.6 is 0 Å². The summed E-state index contributed by atoms with van der Waals surface area (Å²) in [5, 5.41) is 28.6. The Labute approximate surface area is 203 Å². The Hall–Kier alpha value is -4.00. The van der Waals surface area contributed by atoms with Crippen LogP contribution in [-0.4, -0.2) is 70.9 Å². The molecule has 2 N–H and O–H groups in total. The zero-order valence-corrected chi connectivity index (χ0v) is 19.6. The zero-order chi connectivity index (χ0) is 25.2. The molecule has 1 aliphatic heterocycles. The molecule has 2 fully saturated rings. The van der Waals surface area contributed by atoms with E-state index in [9.17, 15) is 18.7 Å². The van der Waals surface area contributed by atoms with Crippen LogP contribution in [0.25, 0.3) is 16.9 Å². The number of carbonyl (C=O) groups excluding carboxylic acids is 1. The van der Waals surface area contributed by atoms with Crippen molar-refractivity contribution in [3.63, 3.8) is 0 Å². The highest BCUT2D eigenvalue weighted by atomic mass is 19.3. The van der Waals surface area contributed by atoms with Gasteiger partial charge in [-0.05, 0) is 48.4 Å². The van der Waals surface area contributed by atoms with Crippen LogP contribution in [0.2, 0.25) is 0 Å². The minimum Gasteiger partial charge on any atom is -0.384 e. The predicted molar refractivity (Wildman–Crippen MR) is 125 cm³/mol. The van der Waals surface area contributed by atoms with Gasteiger partial charge in [-0.1, -0.05) is 0 Å². The molecule has 1 saturated heterocycles. The van der Waals surface area contributed by atoms with Crippen LogP contribution in [0.4, 0.5) is 20.2 Å². The summed E-state index contributed by atoms with van der Waals surface area (Å²) in [6.07, 6.45) is 2.39. The van der Waals surface area contributed by atoms with Crippen LogP contribution < -0.4 is 10.2 Å². The van der Waals surface area contributed by atoms with Crippen molar-refractivity contribution in [2.45, 2.75) is 31.8 Å². The van der Waals surface area contributed by atoms with E-state index in [0.717, 1.165) is 5.69 Å². The van der Waals surface area contributed by atoms with Gasteiger partial charge in [0.05, 0.1) is 28.7 Å². The summed E-state index contributed by atoms with van der Waals surface area (Å²) < 4.78 is 29.2. The lowest BCUT2D eigenvalue weighted by Gasteiger charge is -2.62. The second-order valence-electron chi connectivity index (χ2n) is 9.82. The number of tetrazole rings is 1. The largest absolute Gasteiger partial charge is 0.384 e. The second-order valence-corrected chi connectivity index (χ2v) is 9.82. The fourth-order valence-electron chi connectivity index (χ4n) is 5.36. The van der Waals surface area contributed by atoms with Crippen molar-refractivity contribution in [2.75, 3.05) is 23.3 Å². The van der Waals surface area contributed by atoms with E-state index in [4.69, 9.17) is 0 Å². The molecule has 0 atom stereocenters. The van der Waals surface area contributed by atoms with Crippen molar-refractivity contribution in [2.24, 2.45) is 12.5 Å². The van der Waals surface area contributed by atoms with E-state index >= 15 is 0 Å². The summed E-state index contributed by atoms with van der Waals surface area (Å²) in [6.45, 7) is 2.96. The first kappa shape index (κ1) is 22.5. The topological polar surface area (TPSA) is 126 Å². The van der Waals surface area contributed by atoms with E-state index in [1.54, 1.807) is 36.9 Å². The standard InChI is InChI=1S/C23H23F2N9O2/c1-13-17(5-14(7-26-13)19-29-30-31-32(19)2)28-20(35)16-8-27-34-4-3-15(6-18(16)34)33-11-22(12-33)9-23(36,10-22)21(24)25/h3-8,21,36H,9-12H2,1-2H3,(H,28,35). The number of nitrogens with zero attached hydrogens (tertiary/aromatic N) is 8. The van der Waals surface area contributed by atoms with Gasteiger partial charge in [-0.25, -0.2) is 18.0 Å². The van der Waals surface area contributed by atoms with Crippen molar-refractivity contribution >= 4 is 22.8 Å². The van der Waals surface area contributed by atoms with Crippen LogP contribution in [0.1, 0.15) is 28.9 Å². The van der Waals surface area contributed by atoms with Gasteiger partial charge in [-0.15, -0.1) is 5.10 Å². The predicted octanol–water partition coefficient (Wildman–Crippen LogP) is 2.08.